The third-order valence-electron chi connectivity index (χ3n) is 2.47. The van der Waals surface area contributed by atoms with E-state index in [4.69, 9.17) is 0 Å². The number of thiazole rings is 1. The molecule has 0 amide bonds. The maximum atomic E-state index is 9.20. The van der Waals surface area contributed by atoms with Crippen LogP contribution in [0.1, 0.15) is 43.0 Å². The van der Waals surface area contributed by atoms with Gasteiger partial charge in [0.25, 0.3) is 0 Å². The Morgan fingerprint density at radius 2 is 2.12 bits per heavy atom. The van der Waals surface area contributed by atoms with Crippen molar-refractivity contribution in [3.8, 4) is 0 Å². The molecule has 0 aromatic carbocycles. The van der Waals surface area contributed by atoms with Crippen LogP contribution in [0.3, 0.4) is 0 Å². The van der Waals surface area contributed by atoms with Crippen molar-refractivity contribution < 1.29 is 5.11 Å². The predicted molar refractivity (Wildman–Crippen MR) is 68.8 cm³/mol. The van der Waals surface area contributed by atoms with Crippen molar-refractivity contribution in [2.45, 2.75) is 45.8 Å². The van der Waals surface area contributed by atoms with E-state index in [0.29, 0.717) is 5.92 Å². The predicted octanol–water partition coefficient (Wildman–Crippen LogP) is 2.47. The molecule has 1 aromatic heterocycles. The van der Waals surface area contributed by atoms with Crippen LogP contribution in [-0.4, -0.2) is 34.7 Å². The van der Waals surface area contributed by atoms with Crippen LogP contribution in [0.5, 0.6) is 0 Å². The van der Waals surface area contributed by atoms with E-state index in [-0.39, 0.29) is 6.10 Å². The monoisotopic (exact) mass is 242 g/mol. The first-order valence-electron chi connectivity index (χ1n) is 5.80. The number of aliphatic hydroxyl groups excluding tert-OH is 1. The van der Waals surface area contributed by atoms with Crippen molar-refractivity contribution >= 4 is 11.3 Å². The Morgan fingerprint density at radius 3 is 2.62 bits per heavy atom. The molecule has 0 aliphatic carbocycles. The molecule has 1 N–H and O–H groups in total. The molecular formula is C12H22N2OS. The molecule has 1 aromatic rings. The van der Waals surface area contributed by atoms with Gasteiger partial charge in [0, 0.05) is 17.6 Å². The zero-order valence-electron chi connectivity index (χ0n) is 10.6. The molecule has 1 atom stereocenters. The Bertz CT molecular complexity index is 310. The highest BCUT2D eigenvalue weighted by Crippen LogP contribution is 2.22. The summed E-state index contributed by atoms with van der Waals surface area (Å²) >= 11 is 1.79. The van der Waals surface area contributed by atoms with E-state index in [2.05, 4.69) is 30.8 Å². The first-order chi connectivity index (χ1) is 7.49. The number of nitrogens with zero attached hydrogens (tertiary/aromatic N) is 2. The molecule has 4 heteroatoms. The molecule has 92 valence electrons. The van der Waals surface area contributed by atoms with Gasteiger partial charge in [-0.15, -0.1) is 11.3 Å². The first-order valence-corrected chi connectivity index (χ1v) is 6.62. The van der Waals surface area contributed by atoms with Crippen LogP contribution in [0.15, 0.2) is 6.20 Å². The molecule has 0 spiro atoms. The molecule has 0 bridgehead atoms. The number of hydrogen-bond acceptors (Lipinski definition) is 4. The summed E-state index contributed by atoms with van der Waals surface area (Å²) in [7, 11) is 2.07. The van der Waals surface area contributed by atoms with Crippen molar-refractivity contribution in [3.05, 3.63) is 16.1 Å². The number of aromatic nitrogens is 1. The fourth-order valence-corrected chi connectivity index (χ4v) is 2.39. The van der Waals surface area contributed by atoms with E-state index in [1.807, 2.05) is 13.1 Å². The van der Waals surface area contributed by atoms with Crippen LogP contribution in [0.4, 0.5) is 0 Å². The van der Waals surface area contributed by atoms with Gasteiger partial charge in [-0.3, -0.25) is 4.90 Å². The van der Waals surface area contributed by atoms with Crippen LogP contribution >= 0.6 is 11.3 Å². The molecule has 0 radical (unpaired) electrons. The molecule has 16 heavy (non-hydrogen) atoms. The lowest BCUT2D eigenvalue weighted by Crippen LogP contribution is -2.21. The summed E-state index contributed by atoms with van der Waals surface area (Å²) in [5.74, 6) is 0.564. The number of rotatable bonds is 6. The average molecular weight is 242 g/mol. The van der Waals surface area contributed by atoms with E-state index in [1.165, 1.54) is 4.88 Å². The van der Waals surface area contributed by atoms with Gasteiger partial charge >= 0.3 is 0 Å². The average Bonchev–Trinajstić information content (AvgIpc) is 2.63. The topological polar surface area (TPSA) is 36.4 Å². The largest absolute Gasteiger partial charge is 0.393 e. The highest BCUT2D eigenvalue weighted by Gasteiger charge is 2.08. The summed E-state index contributed by atoms with van der Waals surface area (Å²) < 4.78 is 0. The SMILES string of the molecule is CC(O)CCN(C)Cc1ncc(C(C)C)s1. The van der Waals surface area contributed by atoms with E-state index in [0.717, 1.165) is 24.5 Å². The Hall–Kier alpha value is -0.450. The van der Waals surface area contributed by atoms with Crippen molar-refractivity contribution in [2.75, 3.05) is 13.6 Å². The molecular weight excluding hydrogens is 220 g/mol. The highest BCUT2D eigenvalue weighted by molar-refractivity contribution is 7.11. The second-order valence-electron chi connectivity index (χ2n) is 4.69. The molecule has 0 aliphatic rings. The minimum absolute atomic E-state index is 0.218. The maximum absolute atomic E-state index is 9.20. The van der Waals surface area contributed by atoms with Gasteiger partial charge in [0.05, 0.1) is 12.6 Å². The lowest BCUT2D eigenvalue weighted by Gasteiger charge is -2.15. The summed E-state index contributed by atoms with van der Waals surface area (Å²) in [6.45, 7) is 8.00. The van der Waals surface area contributed by atoms with Gasteiger partial charge in [0.1, 0.15) is 5.01 Å². The summed E-state index contributed by atoms with van der Waals surface area (Å²) in [6, 6.07) is 0. The summed E-state index contributed by atoms with van der Waals surface area (Å²) in [6.07, 6.45) is 2.58. The van der Waals surface area contributed by atoms with Crippen molar-refractivity contribution in [3.63, 3.8) is 0 Å². The van der Waals surface area contributed by atoms with Crippen LogP contribution in [-0.2, 0) is 6.54 Å². The summed E-state index contributed by atoms with van der Waals surface area (Å²) in [5.41, 5.74) is 0. The molecule has 1 heterocycles. The maximum Gasteiger partial charge on any atom is 0.107 e. The molecule has 1 unspecified atom stereocenters. The van der Waals surface area contributed by atoms with E-state index in [1.54, 1.807) is 11.3 Å². The summed E-state index contributed by atoms with van der Waals surface area (Å²) in [5, 5.41) is 10.4. The molecule has 0 saturated carbocycles. The van der Waals surface area contributed by atoms with Crippen LogP contribution in [0, 0.1) is 0 Å². The van der Waals surface area contributed by atoms with Gasteiger partial charge in [0.15, 0.2) is 0 Å². The fraction of sp³-hybridized carbons (Fsp3) is 0.750. The molecule has 0 fully saturated rings. The first kappa shape index (κ1) is 13.6. The minimum atomic E-state index is -0.218. The van der Waals surface area contributed by atoms with Gasteiger partial charge in [-0.05, 0) is 26.3 Å². The zero-order chi connectivity index (χ0) is 12.1. The van der Waals surface area contributed by atoms with E-state index >= 15 is 0 Å². The normalized spacial score (nSPS) is 13.7. The number of aliphatic hydroxyl groups is 1. The van der Waals surface area contributed by atoms with Crippen LogP contribution in [0.2, 0.25) is 0 Å². The van der Waals surface area contributed by atoms with Crippen molar-refractivity contribution in [2.24, 2.45) is 0 Å². The lowest BCUT2D eigenvalue weighted by atomic mass is 10.2. The van der Waals surface area contributed by atoms with E-state index < -0.39 is 0 Å². The third-order valence-corrected chi connectivity index (χ3v) is 3.76. The second-order valence-corrected chi connectivity index (χ2v) is 5.83. The Labute approximate surface area is 102 Å². The van der Waals surface area contributed by atoms with Gasteiger partial charge in [-0.1, -0.05) is 13.8 Å². The van der Waals surface area contributed by atoms with Gasteiger partial charge in [0.2, 0.25) is 0 Å². The Balaban J connectivity index is 2.40. The third kappa shape index (κ3) is 4.60. The van der Waals surface area contributed by atoms with Gasteiger partial charge in [-0.25, -0.2) is 4.98 Å². The Kier molecular flexibility index (Phi) is 5.38. The molecule has 0 aliphatic heterocycles. The van der Waals surface area contributed by atoms with Crippen LogP contribution in [0.25, 0.3) is 0 Å². The highest BCUT2D eigenvalue weighted by atomic mass is 32.1. The second kappa shape index (κ2) is 6.33. The standard InChI is InChI=1S/C12H22N2OS/c1-9(2)11-7-13-12(16-11)8-14(4)6-5-10(3)15/h7,9-10,15H,5-6,8H2,1-4H3. The van der Waals surface area contributed by atoms with Gasteiger partial charge in [-0.2, -0.15) is 0 Å². The summed E-state index contributed by atoms with van der Waals surface area (Å²) in [4.78, 5) is 7.97. The van der Waals surface area contributed by atoms with E-state index in [9.17, 15) is 5.11 Å². The smallest absolute Gasteiger partial charge is 0.107 e. The molecule has 3 nitrogen and oxygen atoms in total. The Morgan fingerprint density at radius 1 is 1.44 bits per heavy atom. The molecule has 0 saturated heterocycles. The van der Waals surface area contributed by atoms with Crippen molar-refractivity contribution in [1.82, 2.24) is 9.88 Å². The molecule has 1 rings (SSSR count). The fourth-order valence-electron chi connectivity index (χ4n) is 1.38. The van der Waals surface area contributed by atoms with Crippen molar-refractivity contribution in [1.29, 1.82) is 0 Å². The zero-order valence-corrected chi connectivity index (χ0v) is 11.4. The lowest BCUT2D eigenvalue weighted by molar-refractivity contribution is 0.163. The van der Waals surface area contributed by atoms with Crippen LogP contribution < -0.4 is 0 Å². The van der Waals surface area contributed by atoms with Gasteiger partial charge < -0.3 is 5.11 Å². The number of hydrogen-bond donors (Lipinski definition) is 1. The minimum Gasteiger partial charge on any atom is -0.393 e. The quantitative estimate of drug-likeness (QED) is 0.832.